The predicted molar refractivity (Wildman–Crippen MR) is 73.0 cm³/mol. The van der Waals surface area contributed by atoms with Gasteiger partial charge in [0, 0.05) is 16.1 Å². The van der Waals surface area contributed by atoms with Gasteiger partial charge in [0.15, 0.2) is 0 Å². The van der Waals surface area contributed by atoms with Gasteiger partial charge in [0.1, 0.15) is 5.82 Å². The Hall–Kier alpha value is -2.02. The molecule has 0 spiro atoms. The number of carbonyl (C=O) groups excluding carboxylic acids is 1. The van der Waals surface area contributed by atoms with E-state index in [1.54, 1.807) is 12.1 Å². The Kier molecular flexibility index (Phi) is 4.22. The van der Waals surface area contributed by atoms with Gasteiger partial charge < -0.3 is 5.32 Å². The zero-order chi connectivity index (χ0) is 15.6. The van der Waals surface area contributed by atoms with Crippen LogP contribution < -0.4 is 5.32 Å². The lowest BCUT2D eigenvalue weighted by atomic mass is 10.1. The van der Waals surface area contributed by atoms with Crippen LogP contribution in [0, 0.1) is 5.82 Å². The number of alkyl halides is 3. The molecule has 2 aromatic carbocycles. The average Bonchev–Trinajstić information content (AvgIpc) is 2.40. The van der Waals surface area contributed by atoms with Crippen LogP contribution in [0.3, 0.4) is 0 Å². The van der Waals surface area contributed by atoms with E-state index in [0.29, 0.717) is 17.0 Å². The molecule has 0 atom stereocenters. The Morgan fingerprint density at radius 1 is 1.05 bits per heavy atom. The minimum absolute atomic E-state index is 0.135. The number of rotatable bonds is 2. The summed E-state index contributed by atoms with van der Waals surface area (Å²) in [5, 5.41) is 2.29. The van der Waals surface area contributed by atoms with E-state index >= 15 is 0 Å². The first-order valence-corrected chi connectivity index (χ1v) is 6.19. The van der Waals surface area contributed by atoms with Crippen molar-refractivity contribution in [3.63, 3.8) is 0 Å². The first kappa shape index (κ1) is 15.4. The summed E-state index contributed by atoms with van der Waals surface area (Å²) in [6.07, 6.45) is -4.82. The van der Waals surface area contributed by atoms with E-state index in [1.807, 2.05) is 0 Å². The van der Waals surface area contributed by atoms with Gasteiger partial charge in [0.25, 0.3) is 5.91 Å². The molecule has 0 unspecified atom stereocenters. The number of anilines is 1. The zero-order valence-corrected chi connectivity index (χ0v) is 11.3. The van der Waals surface area contributed by atoms with Crippen LogP contribution in [0.2, 0.25) is 0 Å². The fourth-order valence-electron chi connectivity index (χ4n) is 1.64. The average molecular weight is 315 g/mol. The van der Waals surface area contributed by atoms with Crippen LogP contribution in [-0.2, 0) is 6.18 Å². The topological polar surface area (TPSA) is 29.1 Å². The van der Waals surface area contributed by atoms with Crippen LogP contribution in [0.1, 0.15) is 15.9 Å². The lowest BCUT2D eigenvalue weighted by molar-refractivity contribution is -0.139. The van der Waals surface area contributed by atoms with Gasteiger partial charge in [0.05, 0.1) is 5.56 Å². The van der Waals surface area contributed by atoms with Crippen molar-refractivity contribution in [3.8, 4) is 0 Å². The van der Waals surface area contributed by atoms with Crippen LogP contribution in [0.5, 0.6) is 0 Å². The number of carbonyl (C=O) groups is 1. The van der Waals surface area contributed by atoms with Crippen molar-refractivity contribution in [2.75, 3.05) is 5.32 Å². The molecular formula is C14H9F4NOS. The molecule has 0 aliphatic heterocycles. The Labute approximate surface area is 123 Å². The molecule has 0 bridgehead atoms. The van der Waals surface area contributed by atoms with Gasteiger partial charge in [0.2, 0.25) is 0 Å². The van der Waals surface area contributed by atoms with Gasteiger partial charge in [-0.2, -0.15) is 13.2 Å². The first-order chi connectivity index (χ1) is 9.77. The van der Waals surface area contributed by atoms with E-state index in [-0.39, 0.29) is 11.3 Å². The largest absolute Gasteiger partial charge is 0.419 e. The molecule has 21 heavy (non-hydrogen) atoms. The minimum atomic E-state index is -4.82. The van der Waals surface area contributed by atoms with Gasteiger partial charge >= 0.3 is 6.18 Å². The minimum Gasteiger partial charge on any atom is -0.322 e. The summed E-state index contributed by atoms with van der Waals surface area (Å²) in [7, 11) is 0. The highest BCUT2D eigenvalue weighted by Gasteiger charge is 2.34. The summed E-state index contributed by atoms with van der Waals surface area (Å²) in [6.45, 7) is 0. The smallest absolute Gasteiger partial charge is 0.322 e. The van der Waals surface area contributed by atoms with E-state index in [9.17, 15) is 22.4 Å². The summed E-state index contributed by atoms with van der Waals surface area (Å²) in [6, 6.07) is 8.39. The van der Waals surface area contributed by atoms with Crippen molar-refractivity contribution >= 4 is 24.2 Å². The Balaban J connectivity index is 2.24. The SMILES string of the molecule is O=C(Nc1ccc(F)c(C(F)(F)F)c1)c1ccc(S)cc1. The maximum Gasteiger partial charge on any atom is 0.419 e. The molecule has 7 heteroatoms. The molecule has 0 heterocycles. The van der Waals surface area contributed by atoms with Gasteiger partial charge in [-0.3, -0.25) is 4.79 Å². The van der Waals surface area contributed by atoms with Crippen molar-refractivity contribution in [3.05, 3.63) is 59.4 Å². The first-order valence-electron chi connectivity index (χ1n) is 5.74. The highest BCUT2D eigenvalue weighted by atomic mass is 32.1. The van der Waals surface area contributed by atoms with Crippen LogP contribution in [0.25, 0.3) is 0 Å². The maximum absolute atomic E-state index is 13.1. The number of halogens is 4. The van der Waals surface area contributed by atoms with Gasteiger partial charge in [-0.25, -0.2) is 4.39 Å². The molecule has 2 aromatic rings. The fraction of sp³-hybridized carbons (Fsp3) is 0.0714. The molecule has 0 saturated heterocycles. The van der Waals surface area contributed by atoms with Crippen molar-refractivity contribution < 1.29 is 22.4 Å². The maximum atomic E-state index is 13.1. The molecule has 1 amide bonds. The summed E-state index contributed by atoms with van der Waals surface area (Å²) >= 11 is 4.06. The van der Waals surface area contributed by atoms with Gasteiger partial charge in [-0.1, -0.05) is 0 Å². The van der Waals surface area contributed by atoms with Crippen LogP contribution in [-0.4, -0.2) is 5.91 Å². The van der Waals surface area contributed by atoms with Crippen LogP contribution in [0.15, 0.2) is 47.4 Å². The quantitative estimate of drug-likeness (QED) is 0.625. The molecule has 0 saturated carbocycles. The summed E-state index contributed by atoms with van der Waals surface area (Å²) in [4.78, 5) is 12.5. The third-order valence-corrected chi connectivity index (χ3v) is 2.96. The zero-order valence-electron chi connectivity index (χ0n) is 10.4. The summed E-state index contributed by atoms with van der Waals surface area (Å²) < 4.78 is 50.8. The second kappa shape index (κ2) is 5.77. The predicted octanol–water partition coefficient (Wildman–Crippen LogP) is 4.39. The molecule has 0 aliphatic carbocycles. The van der Waals surface area contributed by atoms with E-state index in [2.05, 4.69) is 17.9 Å². The van der Waals surface area contributed by atoms with Gasteiger partial charge in [-0.15, -0.1) is 12.6 Å². The Morgan fingerprint density at radius 3 is 2.24 bits per heavy atom. The highest BCUT2D eigenvalue weighted by Crippen LogP contribution is 2.33. The standard InChI is InChI=1S/C14H9F4NOS/c15-12-6-3-9(7-11(12)14(16,17)18)19-13(20)8-1-4-10(21)5-2-8/h1-7,21H,(H,19,20). The lowest BCUT2D eigenvalue weighted by Gasteiger charge is -2.11. The van der Waals surface area contributed by atoms with Crippen LogP contribution >= 0.6 is 12.6 Å². The molecule has 0 fully saturated rings. The monoisotopic (exact) mass is 315 g/mol. The molecular weight excluding hydrogens is 306 g/mol. The molecule has 2 nitrogen and oxygen atoms in total. The Bertz CT molecular complexity index is 668. The number of hydrogen-bond acceptors (Lipinski definition) is 2. The third-order valence-electron chi connectivity index (χ3n) is 2.66. The van der Waals surface area contributed by atoms with Gasteiger partial charge in [-0.05, 0) is 42.5 Å². The second-order valence-corrected chi connectivity index (χ2v) is 4.71. The van der Waals surface area contributed by atoms with Crippen LogP contribution in [0.4, 0.5) is 23.2 Å². The Morgan fingerprint density at radius 2 is 1.67 bits per heavy atom. The number of amides is 1. The van der Waals surface area contributed by atoms with E-state index in [0.717, 1.165) is 6.07 Å². The fourth-order valence-corrected chi connectivity index (χ4v) is 1.79. The van der Waals surface area contributed by atoms with E-state index in [1.165, 1.54) is 12.1 Å². The number of benzene rings is 2. The summed E-state index contributed by atoms with van der Waals surface area (Å²) in [5.74, 6) is -1.98. The van der Waals surface area contributed by atoms with Crippen molar-refractivity contribution in [2.45, 2.75) is 11.1 Å². The molecule has 0 aliphatic rings. The molecule has 2 rings (SSSR count). The third kappa shape index (κ3) is 3.75. The number of thiol groups is 1. The second-order valence-electron chi connectivity index (χ2n) is 4.19. The molecule has 1 N–H and O–H groups in total. The normalized spacial score (nSPS) is 11.3. The highest BCUT2D eigenvalue weighted by molar-refractivity contribution is 7.80. The van der Waals surface area contributed by atoms with E-state index < -0.39 is 23.5 Å². The summed E-state index contributed by atoms with van der Waals surface area (Å²) in [5.41, 5.74) is -1.31. The van der Waals surface area contributed by atoms with Crippen molar-refractivity contribution in [2.24, 2.45) is 0 Å². The molecule has 110 valence electrons. The molecule has 0 radical (unpaired) electrons. The number of hydrogen-bond donors (Lipinski definition) is 2. The van der Waals surface area contributed by atoms with Crippen molar-refractivity contribution in [1.29, 1.82) is 0 Å². The number of nitrogens with one attached hydrogen (secondary N) is 1. The van der Waals surface area contributed by atoms with E-state index in [4.69, 9.17) is 0 Å². The van der Waals surface area contributed by atoms with Crippen molar-refractivity contribution in [1.82, 2.24) is 0 Å². The lowest BCUT2D eigenvalue weighted by Crippen LogP contribution is -2.14. The molecule has 0 aromatic heterocycles.